The van der Waals surface area contributed by atoms with Crippen LogP contribution in [0.5, 0.6) is 0 Å². The SMILES string of the molecule is C[C@@H](C#N)Sc1nnc(-c2ccc(Br)cc2)o1. The number of thioether (sulfide) groups is 1. The molecule has 2 aromatic rings. The van der Waals surface area contributed by atoms with Gasteiger partial charge in [-0.15, -0.1) is 10.2 Å². The van der Waals surface area contributed by atoms with Gasteiger partial charge in [-0.05, 0) is 43.0 Å². The predicted octanol–water partition coefficient (Wildman–Crippen LogP) is 3.50. The van der Waals surface area contributed by atoms with Gasteiger partial charge in [0.25, 0.3) is 5.22 Å². The van der Waals surface area contributed by atoms with Gasteiger partial charge in [0.15, 0.2) is 0 Å². The number of benzene rings is 1. The molecule has 0 fully saturated rings. The Kier molecular flexibility index (Phi) is 3.82. The highest BCUT2D eigenvalue weighted by Crippen LogP contribution is 2.26. The van der Waals surface area contributed by atoms with E-state index >= 15 is 0 Å². The fourth-order valence-corrected chi connectivity index (χ4v) is 1.98. The Hall–Kier alpha value is -1.32. The van der Waals surface area contributed by atoms with Crippen molar-refractivity contribution in [3.63, 3.8) is 0 Å². The average Bonchev–Trinajstić information content (AvgIpc) is 2.78. The van der Waals surface area contributed by atoms with E-state index in [2.05, 4.69) is 32.2 Å². The zero-order valence-electron chi connectivity index (χ0n) is 8.92. The maximum absolute atomic E-state index is 8.68. The van der Waals surface area contributed by atoms with E-state index in [0.29, 0.717) is 11.1 Å². The fraction of sp³-hybridized carbons (Fsp3) is 0.182. The summed E-state index contributed by atoms with van der Waals surface area (Å²) >= 11 is 4.61. The van der Waals surface area contributed by atoms with Crippen LogP contribution in [-0.2, 0) is 0 Å². The fourth-order valence-electron chi connectivity index (χ4n) is 1.14. The van der Waals surface area contributed by atoms with Crippen molar-refractivity contribution in [2.24, 2.45) is 0 Å². The molecule has 1 atom stereocenters. The molecule has 1 aromatic heterocycles. The normalized spacial score (nSPS) is 12.1. The number of nitrogens with zero attached hydrogens (tertiary/aromatic N) is 3. The summed E-state index contributed by atoms with van der Waals surface area (Å²) in [5.74, 6) is 0.463. The van der Waals surface area contributed by atoms with Crippen molar-refractivity contribution in [1.29, 1.82) is 5.26 Å². The van der Waals surface area contributed by atoms with Crippen LogP contribution in [0.15, 0.2) is 38.4 Å². The molecule has 0 amide bonds. The zero-order valence-corrected chi connectivity index (χ0v) is 11.3. The third kappa shape index (κ3) is 3.08. The van der Waals surface area contributed by atoms with Gasteiger partial charge >= 0.3 is 0 Å². The molecule has 1 heterocycles. The van der Waals surface area contributed by atoms with Crippen molar-refractivity contribution in [2.75, 3.05) is 0 Å². The van der Waals surface area contributed by atoms with Gasteiger partial charge < -0.3 is 4.42 Å². The second kappa shape index (κ2) is 5.34. The summed E-state index contributed by atoms with van der Waals surface area (Å²) in [5, 5.41) is 16.7. The first-order chi connectivity index (χ1) is 8.19. The van der Waals surface area contributed by atoms with Crippen LogP contribution in [0.4, 0.5) is 0 Å². The molecule has 2 rings (SSSR count). The molecule has 17 heavy (non-hydrogen) atoms. The second-order valence-corrected chi connectivity index (χ2v) is 5.48. The molecule has 0 aliphatic carbocycles. The van der Waals surface area contributed by atoms with Gasteiger partial charge in [0.05, 0.1) is 11.3 Å². The monoisotopic (exact) mass is 309 g/mol. The highest BCUT2D eigenvalue weighted by molar-refractivity contribution is 9.10. The van der Waals surface area contributed by atoms with Crippen LogP contribution in [0, 0.1) is 11.3 Å². The molecule has 0 aliphatic rings. The van der Waals surface area contributed by atoms with E-state index < -0.39 is 0 Å². The highest BCUT2D eigenvalue weighted by Gasteiger charge is 2.11. The largest absolute Gasteiger partial charge is 0.411 e. The van der Waals surface area contributed by atoms with Gasteiger partial charge in [-0.25, -0.2) is 0 Å². The molecule has 6 heteroatoms. The first-order valence-electron chi connectivity index (χ1n) is 4.85. The second-order valence-electron chi connectivity index (χ2n) is 3.27. The van der Waals surface area contributed by atoms with Crippen molar-refractivity contribution < 1.29 is 4.42 Å². The zero-order chi connectivity index (χ0) is 12.3. The van der Waals surface area contributed by atoms with Crippen molar-refractivity contribution in [3.05, 3.63) is 28.7 Å². The van der Waals surface area contributed by atoms with E-state index in [1.807, 2.05) is 24.3 Å². The van der Waals surface area contributed by atoms with Gasteiger partial charge in [-0.3, -0.25) is 0 Å². The van der Waals surface area contributed by atoms with Gasteiger partial charge in [-0.2, -0.15) is 5.26 Å². The number of hydrogen-bond acceptors (Lipinski definition) is 5. The van der Waals surface area contributed by atoms with Gasteiger partial charge in [0, 0.05) is 10.0 Å². The molecule has 0 aliphatic heterocycles. The highest BCUT2D eigenvalue weighted by atomic mass is 79.9. The van der Waals surface area contributed by atoms with Crippen molar-refractivity contribution in [1.82, 2.24) is 10.2 Å². The third-order valence-corrected chi connectivity index (χ3v) is 3.31. The summed E-state index contributed by atoms with van der Waals surface area (Å²) in [6.07, 6.45) is 0. The van der Waals surface area contributed by atoms with Crippen molar-refractivity contribution in [2.45, 2.75) is 17.4 Å². The maximum atomic E-state index is 8.68. The predicted molar refractivity (Wildman–Crippen MR) is 68.4 cm³/mol. The van der Waals surface area contributed by atoms with Crippen LogP contribution in [0.1, 0.15) is 6.92 Å². The lowest BCUT2D eigenvalue weighted by Gasteiger charge is -1.95. The van der Waals surface area contributed by atoms with E-state index in [0.717, 1.165) is 10.0 Å². The Morgan fingerprint density at radius 1 is 1.35 bits per heavy atom. The minimum atomic E-state index is -0.201. The average molecular weight is 310 g/mol. The number of aromatic nitrogens is 2. The molecule has 0 radical (unpaired) electrons. The Morgan fingerprint density at radius 2 is 2.06 bits per heavy atom. The van der Waals surface area contributed by atoms with Gasteiger partial charge in [0.1, 0.15) is 0 Å². The lowest BCUT2D eigenvalue weighted by atomic mass is 10.2. The number of hydrogen-bond donors (Lipinski definition) is 0. The summed E-state index contributed by atoms with van der Waals surface area (Å²) in [5.41, 5.74) is 0.858. The van der Waals surface area contributed by atoms with Gasteiger partial charge in [0.2, 0.25) is 5.89 Å². The Labute approximate surface area is 111 Å². The van der Waals surface area contributed by atoms with Crippen LogP contribution in [0.3, 0.4) is 0 Å². The maximum Gasteiger partial charge on any atom is 0.278 e. The smallest absolute Gasteiger partial charge is 0.278 e. The van der Waals surface area contributed by atoms with E-state index in [1.165, 1.54) is 11.8 Å². The Morgan fingerprint density at radius 3 is 2.71 bits per heavy atom. The molecule has 86 valence electrons. The number of nitriles is 1. The number of halogens is 1. The van der Waals surface area contributed by atoms with Gasteiger partial charge in [-0.1, -0.05) is 15.9 Å². The van der Waals surface area contributed by atoms with E-state index in [4.69, 9.17) is 9.68 Å². The molecule has 0 unspecified atom stereocenters. The van der Waals surface area contributed by atoms with Crippen molar-refractivity contribution >= 4 is 27.7 Å². The van der Waals surface area contributed by atoms with E-state index in [1.54, 1.807) is 6.92 Å². The molecule has 1 aromatic carbocycles. The Balaban J connectivity index is 2.18. The Bertz CT molecular complexity index is 547. The standard InChI is InChI=1S/C11H8BrN3OS/c1-7(6-13)17-11-15-14-10(16-11)8-2-4-9(12)5-3-8/h2-5,7H,1H3/t7-/m0/s1. The van der Waals surface area contributed by atoms with Crippen LogP contribution in [-0.4, -0.2) is 15.4 Å². The molecule has 0 saturated heterocycles. The first kappa shape index (κ1) is 12.1. The molecule has 0 N–H and O–H groups in total. The topological polar surface area (TPSA) is 62.7 Å². The summed E-state index contributed by atoms with van der Waals surface area (Å²) in [6, 6.07) is 9.69. The third-order valence-electron chi connectivity index (χ3n) is 1.96. The summed E-state index contributed by atoms with van der Waals surface area (Å²) in [4.78, 5) is 0. The molecule has 0 spiro atoms. The lowest BCUT2D eigenvalue weighted by Crippen LogP contribution is -1.88. The lowest BCUT2D eigenvalue weighted by molar-refractivity contribution is 0.465. The summed E-state index contributed by atoms with van der Waals surface area (Å²) in [7, 11) is 0. The quantitative estimate of drug-likeness (QED) is 0.812. The van der Waals surface area contributed by atoms with Crippen LogP contribution < -0.4 is 0 Å². The molecule has 0 saturated carbocycles. The molecular weight excluding hydrogens is 302 g/mol. The minimum absolute atomic E-state index is 0.201. The molecular formula is C11H8BrN3OS. The minimum Gasteiger partial charge on any atom is -0.411 e. The molecule has 0 bridgehead atoms. The van der Waals surface area contributed by atoms with Crippen molar-refractivity contribution in [3.8, 4) is 17.5 Å². The van der Waals surface area contributed by atoms with Crippen LogP contribution >= 0.6 is 27.7 Å². The summed E-state index contributed by atoms with van der Waals surface area (Å²) in [6.45, 7) is 1.79. The van der Waals surface area contributed by atoms with Crippen LogP contribution in [0.25, 0.3) is 11.5 Å². The van der Waals surface area contributed by atoms with E-state index in [9.17, 15) is 0 Å². The van der Waals surface area contributed by atoms with Crippen LogP contribution in [0.2, 0.25) is 0 Å². The number of rotatable bonds is 3. The summed E-state index contributed by atoms with van der Waals surface area (Å²) < 4.78 is 6.45. The van der Waals surface area contributed by atoms with E-state index in [-0.39, 0.29) is 5.25 Å². The molecule has 4 nitrogen and oxygen atoms in total. The first-order valence-corrected chi connectivity index (χ1v) is 6.52.